The first-order chi connectivity index (χ1) is 9.90. The molecular weight excluding hydrogens is 256 g/mol. The van der Waals surface area contributed by atoms with Crippen molar-refractivity contribution in [1.29, 1.82) is 0 Å². The average Bonchev–Trinajstić information content (AvgIpc) is 2.45. The molecule has 1 unspecified atom stereocenters. The van der Waals surface area contributed by atoms with Crippen LogP contribution in [-0.4, -0.2) is 18.1 Å². The fourth-order valence-corrected chi connectivity index (χ4v) is 3.18. The number of piperidine rings is 1. The van der Waals surface area contributed by atoms with Crippen LogP contribution in [0.25, 0.3) is 0 Å². The fourth-order valence-electron chi connectivity index (χ4n) is 3.18. The second-order valence-corrected chi connectivity index (χ2v) is 7.47. The maximum absolute atomic E-state index is 3.58. The summed E-state index contributed by atoms with van der Waals surface area (Å²) in [7, 11) is 0. The summed E-state index contributed by atoms with van der Waals surface area (Å²) in [6.45, 7) is 13.4. The van der Waals surface area contributed by atoms with E-state index < -0.39 is 0 Å². The quantitative estimate of drug-likeness (QED) is 0.867. The molecule has 1 aromatic carbocycles. The van der Waals surface area contributed by atoms with Crippen LogP contribution in [0.4, 0.5) is 5.69 Å². The van der Waals surface area contributed by atoms with E-state index in [2.05, 4.69) is 63.0 Å². The van der Waals surface area contributed by atoms with Crippen molar-refractivity contribution in [2.24, 2.45) is 0 Å². The van der Waals surface area contributed by atoms with Gasteiger partial charge in [0.1, 0.15) is 0 Å². The Morgan fingerprint density at radius 1 is 1.24 bits per heavy atom. The Labute approximate surface area is 130 Å². The number of nitrogens with zero attached hydrogens (tertiary/aromatic N) is 1. The lowest BCUT2D eigenvalue weighted by Gasteiger charge is -2.37. The first-order valence-corrected chi connectivity index (χ1v) is 8.52. The summed E-state index contributed by atoms with van der Waals surface area (Å²) in [5, 5.41) is 3.58. The Bertz CT molecular complexity index is 459. The maximum atomic E-state index is 3.58. The molecule has 2 nitrogen and oxygen atoms in total. The van der Waals surface area contributed by atoms with Gasteiger partial charge in [-0.25, -0.2) is 0 Å². The lowest BCUT2D eigenvalue weighted by Crippen LogP contribution is -2.39. The smallest absolute Gasteiger partial charge is 0.0371 e. The summed E-state index contributed by atoms with van der Waals surface area (Å²) < 4.78 is 0. The number of benzene rings is 1. The van der Waals surface area contributed by atoms with Crippen molar-refractivity contribution in [2.75, 3.05) is 11.4 Å². The second-order valence-electron chi connectivity index (χ2n) is 7.47. The molecule has 1 saturated heterocycles. The van der Waals surface area contributed by atoms with Crippen molar-refractivity contribution in [2.45, 2.75) is 78.4 Å². The van der Waals surface area contributed by atoms with Gasteiger partial charge in [0.2, 0.25) is 0 Å². The molecule has 1 atom stereocenters. The second kappa shape index (κ2) is 6.83. The van der Waals surface area contributed by atoms with Crippen molar-refractivity contribution in [3.8, 4) is 0 Å². The third-order valence-corrected chi connectivity index (χ3v) is 4.57. The fraction of sp³-hybridized carbons (Fsp3) is 0.684. The van der Waals surface area contributed by atoms with Crippen LogP contribution in [0.1, 0.15) is 64.5 Å². The minimum Gasteiger partial charge on any atom is -0.369 e. The molecule has 0 radical (unpaired) electrons. The topological polar surface area (TPSA) is 15.3 Å². The van der Waals surface area contributed by atoms with Crippen LogP contribution < -0.4 is 10.2 Å². The van der Waals surface area contributed by atoms with Crippen molar-refractivity contribution in [3.63, 3.8) is 0 Å². The average molecular weight is 288 g/mol. The van der Waals surface area contributed by atoms with E-state index in [9.17, 15) is 0 Å². The van der Waals surface area contributed by atoms with E-state index in [1.54, 1.807) is 0 Å². The Hall–Kier alpha value is -1.02. The third kappa shape index (κ3) is 4.47. The predicted octanol–water partition coefficient (Wildman–Crippen LogP) is 4.65. The van der Waals surface area contributed by atoms with Crippen molar-refractivity contribution >= 4 is 5.69 Å². The molecule has 1 heterocycles. The van der Waals surface area contributed by atoms with Gasteiger partial charge >= 0.3 is 0 Å². The molecule has 1 aliphatic heterocycles. The Kier molecular flexibility index (Phi) is 5.32. The molecule has 21 heavy (non-hydrogen) atoms. The van der Waals surface area contributed by atoms with Crippen molar-refractivity contribution in [3.05, 3.63) is 29.3 Å². The van der Waals surface area contributed by atoms with E-state index in [0.717, 1.165) is 12.6 Å². The molecule has 0 aromatic heterocycles. The minimum absolute atomic E-state index is 0.172. The van der Waals surface area contributed by atoms with Crippen molar-refractivity contribution in [1.82, 2.24) is 5.32 Å². The van der Waals surface area contributed by atoms with Gasteiger partial charge in [-0.1, -0.05) is 13.0 Å². The van der Waals surface area contributed by atoms with E-state index in [1.165, 1.54) is 49.0 Å². The van der Waals surface area contributed by atoms with E-state index in [0.29, 0.717) is 0 Å². The SMILES string of the molecule is CCC1CCCCN1c1ccc(CNC(C)(C)C)c(C)c1. The lowest BCUT2D eigenvalue weighted by molar-refractivity contribution is 0.423. The van der Waals surface area contributed by atoms with Gasteiger partial charge in [-0.3, -0.25) is 0 Å². The van der Waals surface area contributed by atoms with Gasteiger partial charge in [0.05, 0.1) is 0 Å². The molecule has 0 spiro atoms. The molecule has 2 heteroatoms. The standard InChI is InChI=1S/C19H32N2/c1-6-17-9-7-8-12-21(17)18-11-10-16(15(2)13-18)14-20-19(3,4)5/h10-11,13,17,20H,6-9,12,14H2,1-5H3. The number of rotatable bonds is 4. The highest BCUT2D eigenvalue weighted by molar-refractivity contribution is 5.52. The minimum atomic E-state index is 0.172. The molecule has 0 amide bonds. The van der Waals surface area contributed by atoms with Crippen LogP contribution in [-0.2, 0) is 6.54 Å². The summed E-state index contributed by atoms with van der Waals surface area (Å²) in [5.74, 6) is 0. The molecule has 1 N–H and O–H groups in total. The lowest BCUT2D eigenvalue weighted by atomic mass is 9.98. The largest absolute Gasteiger partial charge is 0.369 e. The maximum Gasteiger partial charge on any atom is 0.0371 e. The molecule has 0 aliphatic carbocycles. The molecule has 1 aliphatic rings. The molecular formula is C19H32N2. The summed E-state index contributed by atoms with van der Waals surface area (Å²) in [6, 6.07) is 7.75. The Balaban J connectivity index is 2.10. The summed E-state index contributed by atoms with van der Waals surface area (Å²) >= 11 is 0. The normalized spacial score (nSPS) is 19.9. The molecule has 0 bridgehead atoms. The number of hydrogen-bond acceptors (Lipinski definition) is 2. The molecule has 1 fully saturated rings. The highest BCUT2D eigenvalue weighted by Crippen LogP contribution is 2.28. The highest BCUT2D eigenvalue weighted by atomic mass is 15.2. The van der Waals surface area contributed by atoms with Crippen LogP contribution >= 0.6 is 0 Å². The Morgan fingerprint density at radius 3 is 2.62 bits per heavy atom. The molecule has 2 rings (SSSR count). The number of nitrogens with one attached hydrogen (secondary N) is 1. The van der Waals surface area contributed by atoms with Crippen LogP contribution in [0.3, 0.4) is 0 Å². The third-order valence-electron chi connectivity index (χ3n) is 4.57. The molecule has 118 valence electrons. The van der Waals surface area contributed by atoms with E-state index in [-0.39, 0.29) is 5.54 Å². The monoisotopic (exact) mass is 288 g/mol. The van der Waals surface area contributed by atoms with E-state index in [4.69, 9.17) is 0 Å². The van der Waals surface area contributed by atoms with Crippen LogP contribution in [0.2, 0.25) is 0 Å². The van der Waals surface area contributed by atoms with Gasteiger partial charge in [0, 0.05) is 30.4 Å². The van der Waals surface area contributed by atoms with Crippen molar-refractivity contribution < 1.29 is 0 Å². The van der Waals surface area contributed by atoms with Crippen LogP contribution in [0, 0.1) is 6.92 Å². The van der Waals surface area contributed by atoms with Gasteiger partial charge in [-0.05, 0) is 76.6 Å². The van der Waals surface area contributed by atoms with Gasteiger partial charge in [-0.15, -0.1) is 0 Å². The zero-order valence-electron chi connectivity index (χ0n) is 14.5. The first kappa shape index (κ1) is 16.4. The van der Waals surface area contributed by atoms with Gasteiger partial charge in [0.15, 0.2) is 0 Å². The predicted molar refractivity (Wildman–Crippen MR) is 93.0 cm³/mol. The van der Waals surface area contributed by atoms with E-state index >= 15 is 0 Å². The van der Waals surface area contributed by atoms with Gasteiger partial charge in [-0.2, -0.15) is 0 Å². The van der Waals surface area contributed by atoms with Gasteiger partial charge in [0.25, 0.3) is 0 Å². The summed E-state index contributed by atoms with van der Waals surface area (Å²) in [6.07, 6.45) is 5.33. The zero-order valence-corrected chi connectivity index (χ0v) is 14.5. The molecule has 0 saturated carbocycles. The molecule has 1 aromatic rings. The Morgan fingerprint density at radius 2 is 2.00 bits per heavy atom. The summed E-state index contributed by atoms with van der Waals surface area (Å²) in [4.78, 5) is 2.62. The number of hydrogen-bond donors (Lipinski definition) is 1. The van der Waals surface area contributed by atoms with E-state index in [1.807, 2.05) is 0 Å². The number of aryl methyl sites for hydroxylation is 1. The zero-order chi connectivity index (χ0) is 15.5. The van der Waals surface area contributed by atoms with Crippen LogP contribution in [0.5, 0.6) is 0 Å². The highest BCUT2D eigenvalue weighted by Gasteiger charge is 2.21. The first-order valence-electron chi connectivity index (χ1n) is 8.52. The number of anilines is 1. The van der Waals surface area contributed by atoms with Gasteiger partial charge < -0.3 is 10.2 Å². The summed E-state index contributed by atoms with van der Waals surface area (Å²) in [5.41, 5.74) is 4.41. The van der Waals surface area contributed by atoms with Crippen LogP contribution in [0.15, 0.2) is 18.2 Å².